The number of rotatable bonds is 3. The molecule has 0 aliphatic carbocycles. The van der Waals surface area contributed by atoms with Gasteiger partial charge in [-0.1, -0.05) is 0 Å². The zero-order valence-electron chi connectivity index (χ0n) is 4.86. The van der Waals surface area contributed by atoms with Gasteiger partial charge in [0.1, 0.15) is 0 Å². The molecule has 0 spiro atoms. The lowest BCUT2D eigenvalue weighted by molar-refractivity contribution is -0.118. The molecule has 0 aromatic heterocycles. The fraction of sp³-hybridized carbons (Fsp3) is 0.800. The van der Waals surface area contributed by atoms with Crippen molar-refractivity contribution in [3.8, 4) is 0 Å². The van der Waals surface area contributed by atoms with E-state index in [1.165, 1.54) is 6.92 Å². The summed E-state index contributed by atoms with van der Waals surface area (Å²) in [5.74, 6) is -0.436. The quantitative estimate of drug-likeness (QED) is 0.581. The van der Waals surface area contributed by atoms with E-state index in [-0.39, 0.29) is 12.8 Å². The summed E-state index contributed by atoms with van der Waals surface area (Å²) in [5.41, 5.74) is 4.74. The van der Waals surface area contributed by atoms with Crippen molar-refractivity contribution in [1.82, 2.24) is 0 Å². The first kappa shape index (κ1) is 7.40. The highest BCUT2D eigenvalue weighted by molar-refractivity contribution is 5.73. The first-order valence-electron chi connectivity index (χ1n) is 2.55. The van der Waals surface area contributed by atoms with Gasteiger partial charge in [0.2, 0.25) is 5.91 Å². The van der Waals surface area contributed by atoms with Crippen LogP contribution in [0, 0.1) is 0 Å². The van der Waals surface area contributed by atoms with Crippen LogP contribution in [-0.2, 0) is 4.79 Å². The fourth-order valence-electron chi connectivity index (χ4n) is 0.341. The predicted octanol–water partition coefficient (Wildman–Crippen LogP) is 0.610. The second-order valence-electron chi connectivity index (χ2n) is 1.79. The van der Waals surface area contributed by atoms with Gasteiger partial charge in [-0.05, 0) is 13.3 Å². The molecule has 0 heterocycles. The van der Waals surface area contributed by atoms with Crippen molar-refractivity contribution >= 4 is 5.91 Å². The Kier molecular flexibility index (Phi) is 3.15. The van der Waals surface area contributed by atoms with Gasteiger partial charge >= 0.3 is 0 Å². The number of hydrogen-bond donors (Lipinski definition) is 1. The minimum absolute atomic E-state index is 0.150. The van der Waals surface area contributed by atoms with Crippen LogP contribution in [0.15, 0.2) is 0 Å². The maximum Gasteiger partial charge on any atom is 0.217 e. The van der Waals surface area contributed by atoms with E-state index in [9.17, 15) is 9.18 Å². The Morgan fingerprint density at radius 1 is 1.88 bits per heavy atom. The van der Waals surface area contributed by atoms with Crippen molar-refractivity contribution in [2.45, 2.75) is 25.9 Å². The van der Waals surface area contributed by atoms with Gasteiger partial charge in [0, 0.05) is 6.42 Å². The molecule has 0 bridgehead atoms. The lowest BCUT2D eigenvalue weighted by Crippen LogP contribution is -2.11. The number of halogens is 1. The molecule has 0 fully saturated rings. The molecular formula is C5H10FNO. The van der Waals surface area contributed by atoms with Crippen LogP contribution < -0.4 is 5.73 Å². The lowest BCUT2D eigenvalue weighted by Gasteiger charge is -1.95. The van der Waals surface area contributed by atoms with E-state index in [1.54, 1.807) is 0 Å². The SMILES string of the molecule is CC(F)CCC(N)=O. The van der Waals surface area contributed by atoms with Crippen molar-refractivity contribution in [3.63, 3.8) is 0 Å². The number of alkyl halides is 1. The van der Waals surface area contributed by atoms with Crippen LogP contribution in [0.3, 0.4) is 0 Å². The summed E-state index contributed by atoms with van der Waals surface area (Å²) in [5, 5.41) is 0. The van der Waals surface area contributed by atoms with Gasteiger partial charge in [-0.25, -0.2) is 4.39 Å². The van der Waals surface area contributed by atoms with Crippen LogP contribution in [0.1, 0.15) is 19.8 Å². The molecule has 48 valence electrons. The lowest BCUT2D eigenvalue weighted by atomic mass is 10.2. The van der Waals surface area contributed by atoms with Crippen LogP contribution >= 0.6 is 0 Å². The molecule has 8 heavy (non-hydrogen) atoms. The monoisotopic (exact) mass is 119 g/mol. The second-order valence-corrected chi connectivity index (χ2v) is 1.79. The maximum atomic E-state index is 11.9. The highest BCUT2D eigenvalue weighted by Crippen LogP contribution is 1.97. The molecule has 0 aliphatic rings. The third-order valence-electron chi connectivity index (χ3n) is 0.789. The first-order chi connectivity index (χ1) is 3.63. The highest BCUT2D eigenvalue weighted by Gasteiger charge is 1.99. The molecule has 0 aromatic rings. The van der Waals surface area contributed by atoms with E-state index in [0.717, 1.165) is 0 Å². The molecule has 1 unspecified atom stereocenters. The minimum atomic E-state index is -0.914. The summed E-state index contributed by atoms with van der Waals surface area (Å²) >= 11 is 0. The summed E-state index contributed by atoms with van der Waals surface area (Å²) in [6.07, 6.45) is -0.519. The topological polar surface area (TPSA) is 43.1 Å². The molecule has 0 saturated heterocycles. The van der Waals surface area contributed by atoms with Crippen molar-refractivity contribution in [2.24, 2.45) is 5.73 Å². The average Bonchev–Trinajstić information content (AvgIpc) is 1.61. The molecular weight excluding hydrogens is 109 g/mol. The summed E-state index contributed by atoms with van der Waals surface area (Å²) < 4.78 is 11.9. The van der Waals surface area contributed by atoms with Crippen LogP contribution in [0.25, 0.3) is 0 Å². The Balaban J connectivity index is 3.05. The maximum absolute atomic E-state index is 11.9. The van der Waals surface area contributed by atoms with Crippen LogP contribution in [-0.4, -0.2) is 12.1 Å². The molecule has 2 nitrogen and oxygen atoms in total. The zero-order chi connectivity index (χ0) is 6.57. The average molecular weight is 119 g/mol. The predicted molar refractivity (Wildman–Crippen MR) is 29.0 cm³/mol. The van der Waals surface area contributed by atoms with Crippen molar-refractivity contribution in [3.05, 3.63) is 0 Å². The zero-order valence-corrected chi connectivity index (χ0v) is 4.86. The molecule has 0 aromatic carbocycles. The van der Waals surface area contributed by atoms with Gasteiger partial charge in [0.15, 0.2) is 0 Å². The van der Waals surface area contributed by atoms with Gasteiger partial charge in [-0.2, -0.15) is 0 Å². The van der Waals surface area contributed by atoms with Crippen molar-refractivity contribution in [2.75, 3.05) is 0 Å². The Labute approximate surface area is 47.9 Å². The Morgan fingerprint density at radius 2 is 2.38 bits per heavy atom. The fourth-order valence-corrected chi connectivity index (χ4v) is 0.341. The van der Waals surface area contributed by atoms with Gasteiger partial charge in [0.25, 0.3) is 0 Å². The Morgan fingerprint density at radius 3 is 2.50 bits per heavy atom. The number of hydrogen-bond acceptors (Lipinski definition) is 1. The van der Waals surface area contributed by atoms with E-state index in [1.807, 2.05) is 0 Å². The molecule has 0 aliphatic heterocycles. The van der Waals surface area contributed by atoms with E-state index in [4.69, 9.17) is 5.73 Å². The van der Waals surface area contributed by atoms with Crippen LogP contribution in [0.2, 0.25) is 0 Å². The number of carbonyl (C=O) groups excluding carboxylic acids is 1. The molecule has 1 atom stereocenters. The number of carbonyl (C=O) groups is 1. The van der Waals surface area contributed by atoms with Crippen LogP contribution in [0.5, 0.6) is 0 Å². The third kappa shape index (κ3) is 5.40. The van der Waals surface area contributed by atoms with Gasteiger partial charge in [-0.3, -0.25) is 4.79 Å². The van der Waals surface area contributed by atoms with E-state index in [0.29, 0.717) is 0 Å². The largest absolute Gasteiger partial charge is 0.370 e. The van der Waals surface area contributed by atoms with Gasteiger partial charge in [0.05, 0.1) is 6.17 Å². The molecule has 0 saturated carbocycles. The van der Waals surface area contributed by atoms with E-state index >= 15 is 0 Å². The van der Waals surface area contributed by atoms with Gasteiger partial charge < -0.3 is 5.73 Å². The van der Waals surface area contributed by atoms with Crippen molar-refractivity contribution in [1.29, 1.82) is 0 Å². The third-order valence-corrected chi connectivity index (χ3v) is 0.789. The summed E-state index contributed by atoms with van der Waals surface area (Å²) in [6, 6.07) is 0. The smallest absolute Gasteiger partial charge is 0.217 e. The number of amides is 1. The Hall–Kier alpha value is -0.600. The number of primary amides is 1. The first-order valence-corrected chi connectivity index (χ1v) is 2.55. The molecule has 0 rings (SSSR count). The normalized spacial score (nSPS) is 13.2. The summed E-state index contributed by atoms with van der Waals surface area (Å²) in [4.78, 5) is 9.96. The molecule has 2 N–H and O–H groups in total. The highest BCUT2D eigenvalue weighted by atomic mass is 19.1. The van der Waals surface area contributed by atoms with Crippen molar-refractivity contribution < 1.29 is 9.18 Å². The van der Waals surface area contributed by atoms with Gasteiger partial charge in [-0.15, -0.1) is 0 Å². The molecule has 3 heteroatoms. The Bertz CT molecular complexity index is 82.5. The summed E-state index contributed by atoms with van der Waals surface area (Å²) in [6.45, 7) is 1.41. The molecule has 1 amide bonds. The number of nitrogens with two attached hydrogens (primary N) is 1. The van der Waals surface area contributed by atoms with E-state index < -0.39 is 12.1 Å². The standard InChI is InChI=1S/C5H10FNO/c1-4(6)2-3-5(7)8/h4H,2-3H2,1H3,(H2,7,8). The summed E-state index contributed by atoms with van der Waals surface area (Å²) in [7, 11) is 0. The molecule has 0 radical (unpaired) electrons. The van der Waals surface area contributed by atoms with Crippen LogP contribution in [0.4, 0.5) is 4.39 Å². The second kappa shape index (κ2) is 3.41. The minimum Gasteiger partial charge on any atom is -0.370 e. The van der Waals surface area contributed by atoms with E-state index in [2.05, 4.69) is 0 Å².